The summed E-state index contributed by atoms with van der Waals surface area (Å²) in [6, 6.07) is 0. The molecule has 1 aromatic carbocycles. The Morgan fingerprint density at radius 3 is 0.750 bits per heavy atom. The molecule has 0 aromatic heterocycles. The SMILES string of the molecule is C[NH3+].C[NH3+].C[NH3+].O=[N+]([O-])c1c([O-])c([N+](=O)[O-])c([O-])c([N+](=O)[O-])c1[O-]. The lowest BCUT2D eigenvalue weighted by atomic mass is 10.2. The van der Waals surface area contributed by atoms with Crippen molar-refractivity contribution in [1.29, 1.82) is 0 Å². The second-order valence-electron chi connectivity index (χ2n) is 2.80. The van der Waals surface area contributed by atoms with Crippen LogP contribution in [0.1, 0.15) is 0 Å². The van der Waals surface area contributed by atoms with Crippen LogP contribution in [-0.4, -0.2) is 35.9 Å². The fraction of sp³-hybridized carbons (Fsp3) is 0.333. The average molecular weight is 354 g/mol. The molecule has 0 saturated heterocycles. The van der Waals surface area contributed by atoms with Crippen molar-refractivity contribution in [2.75, 3.05) is 21.1 Å². The van der Waals surface area contributed by atoms with Crippen molar-refractivity contribution in [1.82, 2.24) is 0 Å². The third-order valence-electron chi connectivity index (χ3n) is 1.84. The van der Waals surface area contributed by atoms with Gasteiger partial charge in [0.05, 0.1) is 53.2 Å². The van der Waals surface area contributed by atoms with E-state index < -0.39 is 49.1 Å². The standard InChI is InChI=1S/C6H3N3O9.3CH5N/c10-4-1(7(13)14)5(11)3(9(17)18)6(12)2(4)8(15)16;3*1-2/h10-12H;3*2H2,1H3. The summed E-state index contributed by atoms with van der Waals surface area (Å²) in [5, 5.41) is 64.6. The van der Waals surface area contributed by atoms with Crippen LogP contribution in [0.5, 0.6) is 17.2 Å². The summed E-state index contributed by atoms with van der Waals surface area (Å²) in [7, 11) is 5.25. The van der Waals surface area contributed by atoms with Crippen molar-refractivity contribution >= 4 is 17.1 Å². The predicted octanol–water partition coefficient (Wildman–Crippen LogP) is -4.79. The Bertz CT molecular complexity index is 489. The molecular formula is C9H18N6O9. The highest BCUT2D eigenvalue weighted by Crippen LogP contribution is 2.51. The van der Waals surface area contributed by atoms with Gasteiger partial charge in [-0.05, 0) is 0 Å². The minimum absolute atomic E-state index is 1.61. The summed E-state index contributed by atoms with van der Waals surface area (Å²) in [6.45, 7) is 0. The van der Waals surface area contributed by atoms with Gasteiger partial charge in [0, 0.05) is 0 Å². The smallest absolute Gasteiger partial charge is 0.267 e. The fourth-order valence-corrected chi connectivity index (χ4v) is 1.14. The molecule has 24 heavy (non-hydrogen) atoms. The Balaban J connectivity index is -0.000000659. The number of benzene rings is 1. The molecule has 0 unspecified atom stereocenters. The first kappa shape index (κ1) is 25.6. The fourth-order valence-electron chi connectivity index (χ4n) is 1.14. The lowest BCUT2D eigenvalue weighted by Crippen LogP contribution is -2.40. The number of nitro benzene ring substituents is 3. The van der Waals surface area contributed by atoms with Gasteiger partial charge < -0.3 is 32.5 Å². The molecule has 15 heteroatoms. The van der Waals surface area contributed by atoms with Gasteiger partial charge in [0.1, 0.15) is 0 Å². The molecule has 1 aromatic rings. The van der Waals surface area contributed by atoms with Crippen molar-refractivity contribution in [3.05, 3.63) is 30.3 Å². The van der Waals surface area contributed by atoms with Crippen molar-refractivity contribution in [2.24, 2.45) is 0 Å². The van der Waals surface area contributed by atoms with E-state index in [9.17, 15) is 45.7 Å². The van der Waals surface area contributed by atoms with E-state index in [1.807, 2.05) is 0 Å². The highest BCUT2D eigenvalue weighted by Gasteiger charge is 2.29. The molecular weight excluding hydrogens is 336 g/mol. The first-order valence-electron chi connectivity index (χ1n) is 6.00. The topological polar surface area (TPSA) is 282 Å². The molecule has 138 valence electrons. The summed E-state index contributed by atoms with van der Waals surface area (Å²) in [6.07, 6.45) is 0. The van der Waals surface area contributed by atoms with Crippen LogP contribution in [-0.2, 0) is 0 Å². The Kier molecular flexibility index (Phi) is 13.1. The maximum Gasteiger partial charge on any atom is 0.267 e. The largest absolute Gasteiger partial charge is 0.863 e. The van der Waals surface area contributed by atoms with Crippen LogP contribution in [0.2, 0.25) is 0 Å². The summed E-state index contributed by atoms with van der Waals surface area (Å²) in [5.41, 5.74) is 4.06. The molecule has 0 saturated carbocycles. The summed E-state index contributed by atoms with van der Waals surface area (Å²) in [4.78, 5) is 26.3. The van der Waals surface area contributed by atoms with Crippen LogP contribution in [0.3, 0.4) is 0 Å². The monoisotopic (exact) mass is 354 g/mol. The van der Waals surface area contributed by atoms with Crippen molar-refractivity contribution in [2.45, 2.75) is 0 Å². The Morgan fingerprint density at radius 1 is 0.542 bits per heavy atom. The molecule has 0 bridgehead atoms. The molecule has 0 heterocycles. The van der Waals surface area contributed by atoms with Crippen LogP contribution in [0.4, 0.5) is 17.1 Å². The lowest BCUT2D eigenvalue weighted by Gasteiger charge is -2.19. The van der Waals surface area contributed by atoms with E-state index in [1.54, 1.807) is 21.1 Å². The zero-order valence-electron chi connectivity index (χ0n) is 13.1. The minimum Gasteiger partial charge on any atom is -0.863 e. The summed E-state index contributed by atoms with van der Waals surface area (Å²) in [5.74, 6) is -6.15. The maximum atomic E-state index is 11.2. The second-order valence-corrected chi connectivity index (χ2v) is 2.80. The number of nitro groups is 3. The molecule has 0 fully saturated rings. The number of quaternary nitrogens is 3. The lowest BCUT2D eigenvalue weighted by molar-refractivity contribution is -0.444. The van der Waals surface area contributed by atoms with Gasteiger partial charge in [-0.2, -0.15) is 0 Å². The van der Waals surface area contributed by atoms with Gasteiger partial charge in [-0.25, -0.2) is 0 Å². The predicted molar refractivity (Wildman–Crippen MR) is 71.2 cm³/mol. The van der Waals surface area contributed by atoms with Crippen LogP contribution >= 0.6 is 0 Å². The van der Waals surface area contributed by atoms with Crippen LogP contribution in [0.15, 0.2) is 0 Å². The summed E-state index contributed by atoms with van der Waals surface area (Å²) >= 11 is 0. The zero-order chi connectivity index (χ0) is 20.2. The number of hydrogen-bond donors (Lipinski definition) is 3. The van der Waals surface area contributed by atoms with Gasteiger partial charge in [-0.15, -0.1) is 0 Å². The van der Waals surface area contributed by atoms with Gasteiger partial charge >= 0.3 is 0 Å². The number of nitrogens with zero attached hydrogens (tertiary/aromatic N) is 3. The van der Waals surface area contributed by atoms with Crippen molar-refractivity contribution < 1.29 is 47.3 Å². The van der Waals surface area contributed by atoms with E-state index in [1.165, 1.54) is 0 Å². The molecule has 0 spiro atoms. The quantitative estimate of drug-likeness (QED) is 0.346. The number of hydrogen-bond acceptors (Lipinski definition) is 9. The second kappa shape index (κ2) is 12.3. The van der Waals surface area contributed by atoms with Gasteiger partial charge in [0.15, 0.2) is 0 Å². The molecule has 0 aliphatic heterocycles. The van der Waals surface area contributed by atoms with Crippen molar-refractivity contribution in [3.63, 3.8) is 0 Å². The Morgan fingerprint density at radius 2 is 0.667 bits per heavy atom. The van der Waals surface area contributed by atoms with Gasteiger partial charge in [-0.3, -0.25) is 30.3 Å². The third kappa shape index (κ3) is 5.48. The Labute approximate surface area is 134 Å². The molecule has 15 nitrogen and oxygen atoms in total. The maximum absolute atomic E-state index is 11.2. The zero-order valence-corrected chi connectivity index (χ0v) is 13.1. The highest BCUT2D eigenvalue weighted by molar-refractivity contribution is 5.79. The van der Waals surface area contributed by atoms with Gasteiger partial charge in [-0.1, -0.05) is 0 Å². The van der Waals surface area contributed by atoms with Crippen LogP contribution < -0.4 is 32.5 Å². The first-order valence-corrected chi connectivity index (χ1v) is 6.00. The highest BCUT2D eigenvalue weighted by atomic mass is 16.6. The summed E-state index contributed by atoms with van der Waals surface area (Å²) < 4.78 is 0. The molecule has 1 rings (SSSR count). The van der Waals surface area contributed by atoms with Gasteiger partial charge in [0.2, 0.25) is 0 Å². The van der Waals surface area contributed by atoms with E-state index >= 15 is 0 Å². The molecule has 0 amide bonds. The molecule has 0 aliphatic rings. The van der Waals surface area contributed by atoms with Crippen LogP contribution in [0.25, 0.3) is 0 Å². The molecule has 0 aliphatic carbocycles. The Hall–Kier alpha value is -3.30. The third-order valence-corrected chi connectivity index (χ3v) is 1.84. The van der Waals surface area contributed by atoms with Crippen molar-refractivity contribution in [3.8, 4) is 17.2 Å². The van der Waals surface area contributed by atoms with Gasteiger partial charge in [0.25, 0.3) is 17.1 Å². The van der Waals surface area contributed by atoms with E-state index in [0.717, 1.165) is 0 Å². The number of rotatable bonds is 3. The molecule has 0 atom stereocenters. The molecule has 9 N–H and O–H groups in total. The average Bonchev–Trinajstić information content (AvgIpc) is 2.51. The minimum atomic E-state index is -2.05. The van der Waals surface area contributed by atoms with E-state index in [0.29, 0.717) is 0 Å². The van der Waals surface area contributed by atoms with E-state index in [4.69, 9.17) is 0 Å². The first-order chi connectivity index (χ1) is 11.2. The van der Waals surface area contributed by atoms with E-state index in [2.05, 4.69) is 17.2 Å². The van der Waals surface area contributed by atoms with E-state index in [-0.39, 0.29) is 0 Å². The normalized spacial score (nSPS) is 8.25. The van der Waals surface area contributed by atoms with Crippen LogP contribution in [0, 0.1) is 30.3 Å². The molecule has 0 radical (unpaired) electrons.